The lowest BCUT2D eigenvalue weighted by Crippen LogP contribution is -2.40. The van der Waals surface area contributed by atoms with Gasteiger partial charge in [-0.3, -0.25) is 0 Å². The third kappa shape index (κ3) is 3.49. The van der Waals surface area contributed by atoms with E-state index < -0.39 is 0 Å². The first-order valence-corrected chi connectivity index (χ1v) is 8.74. The maximum atomic E-state index is 6.56. The van der Waals surface area contributed by atoms with Crippen molar-refractivity contribution >= 4 is 0 Å². The molecule has 0 radical (unpaired) electrons. The predicted molar refractivity (Wildman–Crippen MR) is 87.5 cm³/mol. The number of ether oxygens (including phenoxy) is 1. The molecule has 21 heavy (non-hydrogen) atoms. The predicted octanol–water partition coefficient (Wildman–Crippen LogP) is 4.25. The van der Waals surface area contributed by atoms with Crippen molar-refractivity contribution in [1.29, 1.82) is 0 Å². The quantitative estimate of drug-likeness (QED) is 0.894. The summed E-state index contributed by atoms with van der Waals surface area (Å²) in [6, 6.07) is 9.25. The maximum Gasteiger partial charge on any atom is 0.0776 e. The van der Waals surface area contributed by atoms with E-state index in [-0.39, 0.29) is 0 Å². The molecule has 4 atom stereocenters. The lowest BCUT2D eigenvalue weighted by atomic mass is 9.84. The zero-order valence-electron chi connectivity index (χ0n) is 13.5. The van der Waals surface area contributed by atoms with E-state index in [0.717, 1.165) is 25.3 Å². The second-order valence-electron chi connectivity index (χ2n) is 6.84. The van der Waals surface area contributed by atoms with Gasteiger partial charge in [0, 0.05) is 0 Å². The zero-order valence-corrected chi connectivity index (χ0v) is 13.5. The summed E-state index contributed by atoms with van der Waals surface area (Å²) in [6.07, 6.45) is 8.34. The fraction of sp³-hybridized carbons (Fsp3) is 0.684. The SMILES string of the molecule is CCNC1c2ccccc2CCC1OC1CCCC(C)C1. The Balaban J connectivity index is 1.72. The van der Waals surface area contributed by atoms with Gasteiger partial charge in [0.2, 0.25) is 0 Å². The van der Waals surface area contributed by atoms with Crippen LogP contribution in [0, 0.1) is 5.92 Å². The molecule has 0 aromatic heterocycles. The molecule has 2 heteroatoms. The summed E-state index contributed by atoms with van der Waals surface area (Å²) in [4.78, 5) is 0. The third-order valence-electron chi connectivity index (χ3n) is 5.14. The van der Waals surface area contributed by atoms with Crippen LogP contribution in [0.15, 0.2) is 24.3 Å². The molecule has 0 spiro atoms. The van der Waals surface area contributed by atoms with E-state index in [9.17, 15) is 0 Å². The highest BCUT2D eigenvalue weighted by atomic mass is 16.5. The first kappa shape index (κ1) is 15.1. The van der Waals surface area contributed by atoms with Crippen LogP contribution in [0.4, 0.5) is 0 Å². The highest BCUT2D eigenvalue weighted by molar-refractivity contribution is 5.33. The molecule has 2 nitrogen and oxygen atoms in total. The summed E-state index contributed by atoms with van der Waals surface area (Å²) in [6.45, 7) is 5.56. The smallest absolute Gasteiger partial charge is 0.0776 e. The Morgan fingerprint density at radius 3 is 2.86 bits per heavy atom. The van der Waals surface area contributed by atoms with Gasteiger partial charge in [-0.05, 0) is 49.3 Å². The maximum absolute atomic E-state index is 6.56. The van der Waals surface area contributed by atoms with Crippen molar-refractivity contribution in [2.24, 2.45) is 5.92 Å². The molecule has 4 unspecified atom stereocenters. The summed E-state index contributed by atoms with van der Waals surface area (Å²) in [5, 5.41) is 3.67. The molecule has 1 aromatic rings. The molecule has 1 aromatic carbocycles. The van der Waals surface area contributed by atoms with Crippen LogP contribution in [0.5, 0.6) is 0 Å². The third-order valence-corrected chi connectivity index (χ3v) is 5.14. The van der Waals surface area contributed by atoms with Gasteiger partial charge >= 0.3 is 0 Å². The zero-order chi connectivity index (χ0) is 14.7. The van der Waals surface area contributed by atoms with Crippen molar-refractivity contribution in [2.75, 3.05) is 6.54 Å². The number of fused-ring (bicyclic) bond motifs is 1. The van der Waals surface area contributed by atoms with Crippen molar-refractivity contribution in [3.05, 3.63) is 35.4 Å². The standard InChI is InChI=1S/C19H29NO/c1-3-20-19-17-10-5-4-8-15(17)11-12-18(19)21-16-9-6-7-14(2)13-16/h4-5,8,10,14,16,18-20H,3,6-7,9,11-13H2,1-2H3. The first-order chi connectivity index (χ1) is 10.3. The Hall–Kier alpha value is -0.860. The number of hydrogen-bond donors (Lipinski definition) is 1. The normalized spacial score (nSPS) is 32.7. The van der Waals surface area contributed by atoms with Gasteiger partial charge in [0.1, 0.15) is 0 Å². The lowest BCUT2D eigenvalue weighted by Gasteiger charge is -2.38. The Labute approximate surface area is 129 Å². The first-order valence-electron chi connectivity index (χ1n) is 8.74. The van der Waals surface area contributed by atoms with E-state index in [1.165, 1.54) is 36.8 Å². The molecule has 3 rings (SSSR count). The topological polar surface area (TPSA) is 21.3 Å². The Morgan fingerprint density at radius 2 is 2.05 bits per heavy atom. The van der Waals surface area contributed by atoms with E-state index in [1.807, 2.05) is 0 Å². The minimum atomic E-state index is 0.343. The highest BCUT2D eigenvalue weighted by Gasteiger charge is 2.32. The Morgan fingerprint density at radius 1 is 1.19 bits per heavy atom. The molecule has 0 aliphatic heterocycles. The molecule has 1 saturated carbocycles. The van der Waals surface area contributed by atoms with Crippen molar-refractivity contribution in [1.82, 2.24) is 5.32 Å². The number of aryl methyl sites for hydroxylation is 1. The van der Waals surface area contributed by atoms with E-state index in [1.54, 1.807) is 0 Å². The second-order valence-corrected chi connectivity index (χ2v) is 6.84. The van der Waals surface area contributed by atoms with E-state index in [2.05, 4.69) is 43.4 Å². The van der Waals surface area contributed by atoms with Crippen LogP contribution in [0.2, 0.25) is 0 Å². The number of rotatable bonds is 4. The summed E-state index contributed by atoms with van der Waals surface area (Å²) >= 11 is 0. The average Bonchev–Trinajstić information content (AvgIpc) is 2.50. The fourth-order valence-electron chi connectivity index (χ4n) is 4.09. The minimum Gasteiger partial charge on any atom is -0.373 e. The van der Waals surface area contributed by atoms with Crippen LogP contribution in [-0.4, -0.2) is 18.8 Å². The van der Waals surface area contributed by atoms with Crippen LogP contribution in [0.25, 0.3) is 0 Å². The summed E-state index contributed by atoms with van der Waals surface area (Å²) in [5.41, 5.74) is 2.96. The molecule has 0 amide bonds. The summed E-state index contributed by atoms with van der Waals surface area (Å²) in [7, 11) is 0. The van der Waals surface area contributed by atoms with Crippen molar-refractivity contribution in [2.45, 2.75) is 70.6 Å². The Kier molecular flexibility index (Phi) is 4.97. The van der Waals surface area contributed by atoms with Crippen LogP contribution < -0.4 is 5.32 Å². The molecular weight excluding hydrogens is 258 g/mol. The van der Waals surface area contributed by atoms with Gasteiger partial charge in [-0.15, -0.1) is 0 Å². The Bertz CT molecular complexity index is 459. The van der Waals surface area contributed by atoms with Gasteiger partial charge in [0.15, 0.2) is 0 Å². The van der Waals surface area contributed by atoms with Crippen LogP contribution in [-0.2, 0) is 11.2 Å². The van der Waals surface area contributed by atoms with Gasteiger partial charge in [0.05, 0.1) is 18.2 Å². The summed E-state index contributed by atoms with van der Waals surface area (Å²) < 4.78 is 6.56. The van der Waals surface area contributed by atoms with Crippen LogP contribution >= 0.6 is 0 Å². The molecule has 2 aliphatic carbocycles. The van der Waals surface area contributed by atoms with Gasteiger partial charge in [-0.2, -0.15) is 0 Å². The molecular formula is C19H29NO. The molecule has 1 fully saturated rings. The molecule has 0 bridgehead atoms. The van der Waals surface area contributed by atoms with Crippen LogP contribution in [0.3, 0.4) is 0 Å². The van der Waals surface area contributed by atoms with E-state index in [4.69, 9.17) is 4.74 Å². The average molecular weight is 287 g/mol. The lowest BCUT2D eigenvalue weighted by molar-refractivity contribution is -0.0611. The molecule has 0 heterocycles. The van der Waals surface area contributed by atoms with Crippen molar-refractivity contribution in [3.8, 4) is 0 Å². The van der Waals surface area contributed by atoms with Crippen LogP contribution in [0.1, 0.15) is 63.1 Å². The number of likely N-dealkylation sites (N-methyl/N-ethyl adjacent to an activating group) is 1. The van der Waals surface area contributed by atoms with Gasteiger partial charge in [-0.1, -0.05) is 51.0 Å². The van der Waals surface area contributed by atoms with Gasteiger partial charge in [-0.25, -0.2) is 0 Å². The van der Waals surface area contributed by atoms with E-state index in [0.29, 0.717) is 18.2 Å². The van der Waals surface area contributed by atoms with E-state index >= 15 is 0 Å². The number of nitrogens with one attached hydrogen (secondary N) is 1. The second kappa shape index (κ2) is 6.93. The molecule has 1 N–H and O–H groups in total. The fourth-order valence-corrected chi connectivity index (χ4v) is 4.09. The summed E-state index contributed by atoms with van der Waals surface area (Å²) in [5.74, 6) is 0.831. The molecule has 0 saturated heterocycles. The van der Waals surface area contributed by atoms with Crippen molar-refractivity contribution < 1.29 is 4.74 Å². The van der Waals surface area contributed by atoms with Gasteiger partial charge in [0.25, 0.3) is 0 Å². The highest BCUT2D eigenvalue weighted by Crippen LogP contribution is 2.35. The molecule has 2 aliphatic rings. The van der Waals surface area contributed by atoms with Gasteiger partial charge < -0.3 is 10.1 Å². The molecule has 116 valence electrons. The minimum absolute atomic E-state index is 0.343. The van der Waals surface area contributed by atoms with Crippen molar-refractivity contribution in [3.63, 3.8) is 0 Å². The monoisotopic (exact) mass is 287 g/mol. The largest absolute Gasteiger partial charge is 0.373 e. The number of benzene rings is 1. The number of hydrogen-bond acceptors (Lipinski definition) is 2.